The number of amides is 1. The van der Waals surface area contributed by atoms with Gasteiger partial charge in [0.05, 0.1) is 29.8 Å². The van der Waals surface area contributed by atoms with Crippen LogP contribution in [0, 0.1) is 6.92 Å². The van der Waals surface area contributed by atoms with Gasteiger partial charge in [-0.05, 0) is 62.7 Å². The fraction of sp³-hybridized carbons (Fsp3) is 0.194. The lowest BCUT2D eigenvalue weighted by Gasteiger charge is -2.25. The van der Waals surface area contributed by atoms with Crippen LogP contribution in [0.5, 0.6) is 17.2 Å². The number of carbonyl (C=O) groups is 2. The SMILES string of the molecule is CCOC(=O)C1CCOc2cc(Oc3ccc(C(=O)Nc4cccc(-c5ccc(C)cc5)n4)cc3)c(Cl)cc21. The highest BCUT2D eigenvalue weighted by Crippen LogP contribution is 2.42. The van der Waals surface area contributed by atoms with Gasteiger partial charge in [-0.3, -0.25) is 9.59 Å². The Hall–Kier alpha value is -4.36. The van der Waals surface area contributed by atoms with Gasteiger partial charge in [0.1, 0.15) is 23.1 Å². The molecule has 1 unspecified atom stereocenters. The molecule has 8 heteroatoms. The van der Waals surface area contributed by atoms with Gasteiger partial charge in [0.15, 0.2) is 0 Å². The maximum absolute atomic E-state index is 12.9. The Balaban J connectivity index is 1.27. The van der Waals surface area contributed by atoms with Crippen LogP contribution in [-0.4, -0.2) is 30.1 Å². The number of esters is 1. The van der Waals surface area contributed by atoms with Gasteiger partial charge in [-0.2, -0.15) is 0 Å². The summed E-state index contributed by atoms with van der Waals surface area (Å²) in [5.41, 5.74) is 4.04. The number of aromatic nitrogens is 1. The Labute approximate surface area is 231 Å². The molecule has 1 N–H and O–H groups in total. The van der Waals surface area contributed by atoms with Crippen LogP contribution in [0.4, 0.5) is 5.82 Å². The van der Waals surface area contributed by atoms with Gasteiger partial charge in [0.25, 0.3) is 5.91 Å². The Morgan fingerprint density at radius 3 is 2.56 bits per heavy atom. The molecule has 4 aromatic rings. The summed E-state index contributed by atoms with van der Waals surface area (Å²) in [5, 5.41) is 3.19. The number of nitrogens with zero attached hydrogens (tertiary/aromatic N) is 1. The summed E-state index contributed by atoms with van der Waals surface area (Å²) in [4.78, 5) is 29.8. The largest absolute Gasteiger partial charge is 0.493 e. The van der Waals surface area contributed by atoms with Crippen LogP contribution in [0.3, 0.4) is 0 Å². The van der Waals surface area contributed by atoms with Crippen molar-refractivity contribution in [2.24, 2.45) is 0 Å². The van der Waals surface area contributed by atoms with Crippen LogP contribution >= 0.6 is 11.6 Å². The maximum Gasteiger partial charge on any atom is 0.313 e. The summed E-state index contributed by atoms with van der Waals surface area (Å²) in [6, 6.07) is 23.6. The van der Waals surface area contributed by atoms with Crippen LogP contribution in [0.15, 0.2) is 78.9 Å². The zero-order valence-corrected chi connectivity index (χ0v) is 22.3. The molecular formula is C31H27ClN2O5. The number of benzene rings is 3. The third-order valence-electron chi connectivity index (χ3n) is 6.36. The number of hydrogen-bond donors (Lipinski definition) is 1. The smallest absolute Gasteiger partial charge is 0.313 e. The molecule has 1 aliphatic rings. The second-order valence-corrected chi connectivity index (χ2v) is 9.52. The third-order valence-corrected chi connectivity index (χ3v) is 6.65. The van der Waals surface area contributed by atoms with Gasteiger partial charge < -0.3 is 19.5 Å². The molecule has 7 nitrogen and oxygen atoms in total. The van der Waals surface area contributed by atoms with E-state index >= 15 is 0 Å². The number of carbonyl (C=O) groups excluding carboxylic acids is 2. The summed E-state index contributed by atoms with van der Waals surface area (Å²) in [6.07, 6.45) is 0.525. The Bertz CT molecular complexity index is 1500. The van der Waals surface area contributed by atoms with Crippen molar-refractivity contribution in [3.8, 4) is 28.5 Å². The molecule has 0 bridgehead atoms. The van der Waals surface area contributed by atoms with E-state index < -0.39 is 5.92 Å². The number of nitrogens with one attached hydrogen (secondary N) is 1. The lowest BCUT2D eigenvalue weighted by atomic mass is 9.93. The van der Waals surface area contributed by atoms with E-state index in [0.717, 1.165) is 11.3 Å². The molecule has 1 aromatic heterocycles. The van der Waals surface area contributed by atoms with Crippen molar-refractivity contribution in [1.29, 1.82) is 0 Å². The molecule has 0 aliphatic carbocycles. The maximum atomic E-state index is 12.9. The molecule has 39 heavy (non-hydrogen) atoms. The van der Waals surface area contributed by atoms with E-state index in [1.165, 1.54) is 5.56 Å². The van der Waals surface area contributed by atoms with Crippen LogP contribution in [0.1, 0.15) is 40.7 Å². The van der Waals surface area contributed by atoms with E-state index in [1.54, 1.807) is 49.4 Å². The molecular weight excluding hydrogens is 516 g/mol. The molecule has 2 heterocycles. The standard InChI is InChI=1S/C31H27ClN2O5/c1-3-37-31(36)23-15-16-38-27-18-28(25(32)17-24(23)27)39-22-13-11-21(12-14-22)30(35)34-29-6-4-5-26(33-29)20-9-7-19(2)8-10-20/h4-14,17-18,23H,3,15-16H2,1-2H3,(H,33,34,35). The summed E-state index contributed by atoms with van der Waals surface area (Å²) in [5.74, 6) is 0.860. The topological polar surface area (TPSA) is 86.8 Å². The zero-order chi connectivity index (χ0) is 27.4. The number of ether oxygens (including phenoxy) is 3. The number of aryl methyl sites for hydroxylation is 1. The number of fused-ring (bicyclic) bond motifs is 1. The first kappa shape index (κ1) is 26.3. The Morgan fingerprint density at radius 1 is 1.05 bits per heavy atom. The Kier molecular flexibility index (Phi) is 7.79. The number of anilines is 1. The summed E-state index contributed by atoms with van der Waals surface area (Å²) < 4.78 is 16.9. The molecule has 1 aliphatic heterocycles. The van der Waals surface area contributed by atoms with Crippen LogP contribution in [0.2, 0.25) is 5.02 Å². The summed E-state index contributed by atoms with van der Waals surface area (Å²) in [6.45, 7) is 4.51. The highest BCUT2D eigenvalue weighted by Gasteiger charge is 2.30. The second kappa shape index (κ2) is 11.6. The summed E-state index contributed by atoms with van der Waals surface area (Å²) in [7, 11) is 0. The minimum absolute atomic E-state index is 0.291. The number of pyridine rings is 1. The van der Waals surface area contributed by atoms with Crippen LogP contribution in [-0.2, 0) is 9.53 Å². The van der Waals surface area contributed by atoms with Crippen molar-refractivity contribution in [2.45, 2.75) is 26.2 Å². The van der Waals surface area contributed by atoms with E-state index in [4.69, 9.17) is 25.8 Å². The van der Waals surface area contributed by atoms with Gasteiger partial charge in [0.2, 0.25) is 0 Å². The fourth-order valence-electron chi connectivity index (χ4n) is 4.33. The lowest BCUT2D eigenvalue weighted by Crippen LogP contribution is -2.23. The number of rotatable bonds is 7. The quantitative estimate of drug-likeness (QED) is 0.249. The van der Waals surface area contributed by atoms with Crippen molar-refractivity contribution in [3.63, 3.8) is 0 Å². The van der Waals surface area contributed by atoms with Crippen LogP contribution in [0.25, 0.3) is 11.3 Å². The fourth-order valence-corrected chi connectivity index (χ4v) is 4.55. The monoisotopic (exact) mass is 542 g/mol. The van der Waals surface area contributed by atoms with Gasteiger partial charge in [0, 0.05) is 22.8 Å². The van der Waals surface area contributed by atoms with Crippen molar-refractivity contribution in [1.82, 2.24) is 4.98 Å². The lowest BCUT2D eigenvalue weighted by molar-refractivity contribution is -0.145. The first-order valence-electron chi connectivity index (χ1n) is 12.7. The number of halogens is 1. The minimum atomic E-state index is -0.426. The van der Waals surface area contributed by atoms with Gasteiger partial charge in [-0.25, -0.2) is 4.98 Å². The van der Waals surface area contributed by atoms with E-state index in [9.17, 15) is 9.59 Å². The minimum Gasteiger partial charge on any atom is -0.493 e. The number of hydrogen-bond acceptors (Lipinski definition) is 6. The third kappa shape index (κ3) is 6.04. The average molecular weight is 543 g/mol. The van der Waals surface area contributed by atoms with Crippen molar-refractivity contribution in [3.05, 3.63) is 101 Å². The molecule has 3 aromatic carbocycles. The highest BCUT2D eigenvalue weighted by atomic mass is 35.5. The second-order valence-electron chi connectivity index (χ2n) is 9.12. The predicted octanol–water partition coefficient (Wildman–Crippen LogP) is 7.18. The first-order chi connectivity index (χ1) is 18.9. The van der Waals surface area contributed by atoms with E-state index in [1.807, 2.05) is 43.3 Å². The molecule has 0 saturated heterocycles. The van der Waals surface area contributed by atoms with Gasteiger partial charge in [-0.15, -0.1) is 0 Å². The molecule has 0 spiro atoms. The molecule has 0 radical (unpaired) electrons. The Morgan fingerprint density at radius 2 is 1.82 bits per heavy atom. The van der Waals surface area contributed by atoms with Crippen LogP contribution < -0.4 is 14.8 Å². The van der Waals surface area contributed by atoms with Crippen molar-refractivity contribution in [2.75, 3.05) is 18.5 Å². The molecule has 5 rings (SSSR count). The van der Waals surface area contributed by atoms with E-state index in [2.05, 4.69) is 10.3 Å². The van der Waals surface area contributed by atoms with Gasteiger partial charge >= 0.3 is 5.97 Å². The first-order valence-corrected chi connectivity index (χ1v) is 13.1. The molecule has 1 atom stereocenters. The molecule has 0 saturated carbocycles. The van der Waals surface area contributed by atoms with Crippen molar-refractivity contribution >= 4 is 29.3 Å². The van der Waals surface area contributed by atoms with E-state index in [0.29, 0.717) is 58.9 Å². The average Bonchev–Trinajstić information content (AvgIpc) is 2.94. The molecule has 198 valence electrons. The molecule has 0 fully saturated rings. The van der Waals surface area contributed by atoms with Crippen molar-refractivity contribution < 1.29 is 23.8 Å². The normalized spacial score (nSPS) is 14.1. The van der Waals surface area contributed by atoms with E-state index in [-0.39, 0.29) is 11.9 Å². The summed E-state index contributed by atoms with van der Waals surface area (Å²) >= 11 is 6.49. The van der Waals surface area contributed by atoms with Gasteiger partial charge in [-0.1, -0.05) is 47.5 Å². The molecule has 1 amide bonds. The zero-order valence-electron chi connectivity index (χ0n) is 21.6. The predicted molar refractivity (Wildman–Crippen MR) is 150 cm³/mol. The highest BCUT2D eigenvalue weighted by molar-refractivity contribution is 6.32.